The molecule has 1 heterocycles. The number of hydrogen-bond donors (Lipinski definition) is 1. The number of aromatic nitrogens is 1. The largest absolute Gasteiger partial charge is 0.366 e. The van der Waals surface area contributed by atoms with Crippen LogP contribution in [0.5, 0.6) is 0 Å². The number of amides is 1. The van der Waals surface area contributed by atoms with Gasteiger partial charge >= 0.3 is 0 Å². The number of nitrogens with zero attached hydrogens (tertiary/aromatic N) is 1. The number of nitrogens with two attached hydrogens (primary N) is 1. The number of pyridine rings is 1. The molecule has 3 heteroatoms. The summed E-state index contributed by atoms with van der Waals surface area (Å²) >= 11 is 0. The zero-order valence-electron chi connectivity index (χ0n) is 7.36. The summed E-state index contributed by atoms with van der Waals surface area (Å²) in [6.45, 7) is 0. The molecule has 1 amide bonds. The van der Waals surface area contributed by atoms with Gasteiger partial charge in [-0.05, 0) is 30.4 Å². The Bertz CT molecular complexity index is 331. The van der Waals surface area contributed by atoms with E-state index in [1.54, 1.807) is 0 Å². The minimum Gasteiger partial charge on any atom is -0.366 e. The highest BCUT2D eigenvalue weighted by Crippen LogP contribution is 2.35. The van der Waals surface area contributed by atoms with Crippen molar-refractivity contribution in [2.75, 3.05) is 0 Å². The van der Waals surface area contributed by atoms with Gasteiger partial charge in [0.1, 0.15) is 0 Å². The first-order valence-electron chi connectivity index (χ1n) is 4.52. The van der Waals surface area contributed by atoms with Crippen LogP contribution in [0.4, 0.5) is 0 Å². The van der Waals surface area contributed by atoms with Gasteiger partial charge in [0.15, 0.2) is 0 Å². The fraction of sp³-hybridized carbons (Fsp3) is 0.400. The van der Waals surface area contributed by atoms with E-state index in [-0.39, 0.29) is 0 Å². The van der Waals surface area contributed by atoms with Crippen molar-refractivity contribution >= 4 is 5.91 Å². The molecule has 1 aliphatic carbocycles. The van der Waals surface area contributed by atoms with Crippen molar-refractivity contribution in [3.05, 3.63) is 29.6 Å². The summed E-state index contributed by atoms with van der Waals surface area (Å²) in [7, 11) is 0. The van der Waals surface area contributed by atoms with Gasteiger partial charge in [0.2, 0.25) is 5.91 Å². The molecule has 0 spiro atoms. The molecule has 0 bridgehead atoms. The molecule has 1 fully saturated rings. The summed E-state index contributed by atoms with van der Waals surface area (Å²) in [6, 6.07) is 1.86. The van der Waals surface area contributed by atoms with Crippen molar-refractivity contribution in [1.29, 1.82) is 0 Å². The number of carbonyl (C=O) groups is 1. The van der Waals surface area contributed by atoms with E-state index in [2.05, 4.69) is 4.98 Å². The van der Waals surface area contributed by atoms with E-state index in [9.17, 15) is 4.79 Å². The molecular formula is C10H12N2O. The third kappa shape index (κ3) is 1.54. The summed E-state index contributed by atoms with van der Waals surface area (Å²) in [5, 5.41) is 0. The van der Waals surface area contributed by atoms with Crippen LogP contribution in [0.2, 0.25) is 0 Å². The van der Waals surface area contributed by atoms with Gasteiger partial charge in [-0.25, -0.2) is 0 Å². The third-order valence-corrected chi connectivity index (χ3v) is 2.62. The Kier molecular flexibility index (Phi) is 2.00. The van der Waals surface area contributed by atoms with Crippen LogP contribution in [0.3, 0.4) is 0 Å². The van der Waals surface area contributed by atoms with Gasteiger partial charge in [0.05, 0.1) is 5.56 Å². The van der Waals surface area contributed by atoms with Crippen LogP contribution in [0.15, 0.2) is 18.5 Å². The topological polar surface area (TPSA) is 56.0 Å². The van der Waals surface area contributed by atoms with Crippen LogP contribution < -0.4 is 5.73 Å². The van der Waals surface area contributed by atoms with Gasteiger partial charge in [-0.2, -0.15) is 0 Å². The van der Waals surface area contributed by atoms with Gasteiger partial charge in [-0.15, -0.1) is 0 Å². The van der Waals surface area contributed by atoms with E-state index in [0.717, 1.165) is 5.56 Å². The molecule has 0 saturated heterocycles. The van der Waals surface area contributed by atoms with Crippen molar-refractivity contribution in [2.24, 2.45) is 5.73 Å². The van der Waals surface area contributed by atoms with Crippen molar-refractivity contribution in [3.8, 4) is 0 Å². The van der Waals surface area contributed by atoms with Crippen LogP contribution in [-0.4, -0.2) is 10.9 Å². The Morgan fingerprint density at radius 2 is 2.23 bits per heavy atom. The number of hydrogen-bond acceptors (Lipinski definition) is 2. The minimum absolute atomic E-state index is 0.395. The lowest BCUT2D eigenvalue weighted by molar-refractivity contribution is 0.1000. The predicted molar refractivity (Wildman–Crippen MR) is 49.3 cm³/mol. The Morgan fingerprint density at radius 1 is 1.46 bits per heavy atom. The normalized spacial score (nSPS) is 16.6. The van der Waals surface area contributed by atoms with Crippen molar-refractivity contribution < 1.29 is 4.79 Å². The zero-order valence-corrected chi connectivity index (χ0v) is 7.36. The fourth-order valence-corrected chi connectivity index (χ4v) is 1.56. The number of primary amides is 1. The van der Waals surface area contributed by atoms with Gasteiger partial charge in [-0.3, -0.25) is 9.78 Å². The van der Waals surface area contributed by atoms with E-state index >= 15 is 0 Å². The van der Waals surface area contributed by atoms with Crippen LogP contribution in [-0.2, 0) is 0 Å². The Labute approximate surface area is 77.0 Å². The lowest BCUT2D eigenvalue weighted by atomic mass is 9.80. The lowest BCUT2D eigenvalue weighted by Gasteiger charge is -2.25. The molecule has 1 aromatic heterocycles. The number of rotatable bonds is 2. The quantitative estimate of drug-likeness (QED) is 0.741. The third-order valence-electron chi connectivity index (χ3n) is 2.62. The standard InChI is InChI=1S/C10H12N2O/c11-10(13)9-4-8(5-12-6-9)7-2-1-3-7/h4-7H,1-3H2,(H2,11,13). The van der Waals surface area contributed by atoms with Gasteiger partial charge in [0.25, 0.3) is 0 Å². The molecule has 1 aromatic rings. The zero-order chi connectivity index (χ0) is 9.26. The highest BCUT2D eigenvalue weighted by Gasteiger charge is 2.20. The van der Waals surface area contributed by atoms with E-state index in [1.807, 2.05) is 12.3 Å². The van der Waals surface area contributed by atoms with Crippen LogP contribution in [0, 0.1) is 0 Å². The second kappa shape index (κ2) is 3.17. The molecule has 0 atom stereocenters. The molecule has 1 saturated carbocycles. The Hall–Kier alpha value is -1.38. The highest BCUT2D eigenvalue weighted by molar-refractivity contribution is 5.92. The van der Waals surface area contributed by atoms with Crippen molar-refractivity contribution in [1.82, 2.24) is 4.98 Å². The average molecular weight is 176 g/mol. The molecule has 0 aromatic carbocycles. The smallest absolute Gasteiger partial charge is 0.250 e. The summed E-state index contributed by atoms with van der Waals surface area (Å²) in [5.41, 5.74) is 6.84. The monoisotopic (exact) mass is 176 g/mol. The van der Waals surface area contributed by atoms with Gasteiger partial charge < -0.3 is 5.73 Å². The first kappa shape index (κ1) is 8.23. The molecule has 0 aliphatic heterocycles. The molecule has 1 aliphatic rings. The fourth-order valence-electron chi connectivity index (χ4n) is 1.56. The summed E-state index contributed by atoms with van der Waals surface area (Å²) in [6.07, 6.45) is 7.06. The lowest BCUT2D eigenvalue weighted by Crippen LogP contribution is -2.14. The second-order valence-electron chi connectivity index (χ2n) is 3.50. The van der Waals surface area contributed by atoms with E-state index in [0.29, 0.717) is 11.5 Å². The SMILES string of the molecule is NC(=O)c1cncc(C2CCC2)c1. The van der Waals surface area contributed by atoms with E-state index in [4.69, 9.17) is 5.73 Å². The first-order chi connectivity index (χ1) is 6.27. The Morgan fingerprint density at radius 3 is 2.77 bits per heavy atom. The first-order valence-corrected chi connectivity index (χ1v) is 4.52. The second-order valence-corrected chi connectivity index (χ2v) is 3.50. The summed E-state index contributed by atoms with van der Waals surface area (Å²) in [4.78, 5) is 14.9. The molecule has 0 unspecified atom stereocenters. The summed E-state index contributed by atoms with van der Waals surface area (Å²) in [5.74, 6) is 0.209. The molecule has 13 heavy (non-hydrogen) atoms. The van der Waals surface area contributed by atoms with E-state index < -0.39 is 5.91 Å². The molecule has 68 valence electrons. The minimum atomic E-state index is -0.395. The Balaban J connectivity index is 2.26. The average Bonchev–Trinajstić information content (AvgIpc) is 2.01. The maximum atomic E-state index is 10.9. The molecule has 2 N–H and O–H groups in total. The van der Waals surface area contributed by atoms with Crippen molar-refractivity contribution in [2.45, 2.75) is 25.2 Å². The molecule has 3 nitrogen and oxygen atoms in total. The maximum absolute atomic E-state index is 10.9. The van der Waals surface area contributed by atoms with Crippen molar-refractivity contribution in [3.63, 3.8) is 0 Å². The van der Waals surface area contributed by atoms with Crippen LogP contribution in [0.1, 0.15) is 41.1 Å². The summed E-state index contributed by atoms with van der Waals surface area (Å²) < 4.78 is 0. The maximum Gasteiger partial charge on any atom is 0.250 e. The number of carbonyl (C=O) groups excluding carboxylic acids is 1. The predicted octanol–water partition coefficient (Wildman–Crippen LogP) is 1.45. The van der Waals surface area contributed by atoms with E-state index in [1.165, 1.54) is 25.5 Å². The molecule has 2 rings (SSSR count). The van der Waals surface area contributed by atoms with Gasteiger partial charge in [-0.1, -0.05) is 6.42 Å². The molecular weight excluding hydrogens is 164 g/mol. The molecule has 0 radical (unpaired) electrons. The highest BCUT2D eigenvalue weighted by atomic mass is 16.1. The van der Waals surface area contributed by atoms with Crippen LogP contribution >= 0.6 is 0 Å². The van der Waals surface area contributed by atoms with Crippen LogP contribution in [0.25, 0.3) is 0 Å². The van der Waals surface area contributed by atoms with Gasteiger partial charge in [0, 0.05) is 12.4 Å².